The number of alkyl halides is 1. The molecule has 37 heavy (non-hydrogen) atoms. The van der Waals surface area contributed by atoms with Crippen LogP contribution in [0.1, 0.15) is 93.9 Å². The molecule has 1 aromatic rings. The van der Waals surface area contributed by atoms with Crippen molar-refractivity contribution in [1.82, 2.24) is 15.2 Å². The molecule has 3 saturated carbocycles. The van der Waals surface area contributed by atoms with Crippen LogP contribution in [0.15, 0.2) is 6.20 Å². The normalized spacial score (nSPS) is 37.5. The van der Waals surface area contributed by atoms with Gasteiger partial charge in [-0.25, -0.2) is 9.37 Å². The van der Waals surface area contributed by atoms with E-state index >= 15 is 0 Å². The van der Waals surface area contributed by atoms with Crippen molar-refractivity contribution in [3.63, 3.8) is 0 Å². The Bertz CT molecular complexity index is 924. The van der Waals surface area contributed by atoms with Crippen LogP contribution >= 0.6 is 11.3 Å². The molecule has 0 spiro atoms. The Hall–Kier alpha value is -1.34. The quantitative estimate of drug-likeness (QED) is 0.404. The molecule has 4 fully saturated rings. The number of hydrogen-bond acceptors (Lipinski definition) is 5. The van der Waals surface area contributed by atoms with E-state index in [0.29, 0.717) is 42.7 Å². The minimum Gasteiger partial charge on any atom is -0.342 e. The predicted octanol–water partition coefficient (Wildman–Crippen LogP) is 6.34. The highest BCUT2D eigenvalue weighted by Gasteiger charge is 2.51. The number of halogens is 1. The van der Waals surface area contributed by atoms with E-state index in [2.05, 4.69) is 35.2 Å². The fraction of sp³-hybridized carbons (Fsp3) is 0.833. The van der Waals surface area contributed by atoms with Gasteiger partial charge in [-0.1, -0.05) is 26.2 Å². The van der Waals surface area contributed by atoms with E-state index in [1.807, 2.05) is 0 Å². The second-order valence-corrected chi connectivity index (χ2v) is 14.2. The molecule has 4 aliphatic rings. The van der Waals surface area contributed by atoms with E-state index < -0.39 is 6.17 Å². The molecule has 1 saturated heterocycles. The maximum Gasteiger partial charge on any atom is 0.225 e. The first-order chi connectivity index (χ1) is 17.9. The molecule has 3 aliphatic carbocycles. The number of aryl methyl sites for hydroxylation is 1. The fourth-order valence-corrected chi connectivity index (χ4v) is 9.23. The van der Waals surface area contributed by atoms with Crippen molar-refractivity contribution in [2.75, 3.05) is 13.1 Å². The number of amides is 1. The monoisotopic (exact) mass is 530 g/mol. The second kappa shape index (κ2) is 11.8. The number of nitrogens with one attached hydrogen (secondary N) is 2. The minimum atomic E-state index is -0.636. The van der Waals surface area contributed by atoms with Gasteiger partial charge in [0.05, 0.1) is 5.01 Å². The van der Waals surface area contributed by atoms with Crippen LogP contribution in [0.5, 0.6) is 0 Å². The fourth-order valence-electron chi connectivity index (χ4n) is 8.28. The lowest BCUT2D eigenvalue weighted by Gasteiger charge is -2.48. The first-order valence-electron chi connectivity index (χ1n) is 15.0. The first kappa shape index (κ1) is 27.2. The van der Waals surface area contributed by atoms with E-state index in [4.69, 9.17) is 5.41 Å². The smallest absolute Gasteiger partial charge is 0.225 e. The summed E-state index contributed by atoms with van der Waals surface area (Å²) in [6, 6.07) is 0.682. The van der Waals surface area contributed by atoms with Crippen molar-refractivity contribution in [3.05, 3.63) is 16.1 Å². The number of aromatic nitrogens is 1. The third kappa shape index (κ3) is 6.13. The van der Waals surface area contributed by atoms with Crippen LogP contribution in [-0.4, -0.2) is 53.4 Å². The van der Waals surface area contributed by atoms with Crippen molar-refractivity contribution in [3.8, 4) is 0 Å². The number of rotatable bonds is 7. The number of thiazole rings is 1. The van der Waals surface area contributed by atoms with E-state index in [1.165, 1.54) is 24.1 Å². The van der Waals surface area contributed by atoms with Crippen LogP contribution in [0, 0.1) is 41.4 Å². The highest BCUT2D eigenvalue weighted by Crippen LogP contribution is 2.51. The molecule has 5 unspecified atom stereocenters. The topological polar surface area (TPSA) is 69.1 Å². The van der Waals surface area contributed by atoms with Gasteiger partial charge in [-0.2, -0.15) is 0 Å². The number of likely N-dealkylation sites (tertiary alicyclic amines) is 1. The van der Waals surface area contributed by atoms with Crippen molar-refractivity contribution < 1.29 is 9.18 Å². The van der Waals surface area contributed by atoms with E-state index in [-0.39, 0.29) is 17.3 Å². The Kier molecular flexibility index (Phi) is 8.69. The standard InChI is InChI=1S/C30H47FN4OS/c1-20-14-28(34-25-10-8-24(31)9-11-25)23(17-32)15-27(20)30(16-26-18-33-21(2)37-26)12-13-35(19-30)29(36)22-6-4-3-5-7-22/h17-18,20,22-25,27-28,32,34H,3-16,19H2,1-2H3. The molecule has 1 amide bonds. The summed E-state index contributed by atoms with van der Waals surface area (Å²) in [5, 5.41) is 13.3. The van der Waals surface area contributed by atoms with Crippen molar-refractivity contribution in [2.45, 2.75) is 116 Å². The van der Waals surface area contributed by atoms with Gasteiger partial charge in [0.1, 0.15) is 6.17 Å². The van der Waals surface area contributed by atoms with Crippen molar-refractivity contribution >= 4 is 23.5 Å². The molecule has 5 rings (SSSR count). The lowest BCUT2D eigenvalue weighted by molar-refractivity contribution is -0.136. The summed E-state index contributed by atoms with van der Waals surface area (Å²) in [5.74, 6) is 1.82. The maximum atomic E-state index is 13.7. The number of carbonyl (C=O) groups is 1. The van der Waals surface area contributed by atoms with Crippen LogP contribution in [0.3, 0.4) is 0 Å². The summed E-state index contributed by atoms with van der Waals surface area (Å²) in [5.41, 5.74) is 0.0568. The molecule has 0 aromatic carbocycles. The van der Waals surface area contributed by atoms with Gasteiger partial charge in [-0.3, -0.25) is 4.79 Å². The summed E-state index contributed by atoms with van der Waals surface area (Å²) in [7, 11) is 0. The zero-order valence-corrected chi connectivity index (χ0v) is 23.7. The largest absolute Gasteiger partial charge is 0.342 e. The second-order valence-electron chi connectivity index (χ2n) is 12.8. The number of hydrogen-bond donors (Lipinski definition) is 2. The van der Waals surface area contributed by atoms with Gasteiger partial charge < -0.3 is 15.6 Å². The molecule has 5 nitrogen and oxygen atoms in total. The molecule has 2 N–H and O–H groups in total. The van der Waals surface area contributed by atoms with Crippen LogP contribution in [0.2, 0.25) is 0 Å². The summed E-state index contributed by atoms with van der Waals surface area (Å²) < 4.78 is 13.7. The highest BCUT2D eigenvalue weighted by atomic mass is 32.1. The maximum absolute atomic E-state index is 13.7. The van der Waals surface area contributed by atoms with Crippen molar-refractivity contribution in [1.29, 1.82) is 5.41 Å². The summed E-state index contributed by atoms with van der Waals surface area (Å²) in [6.07, 6.45) is 16.1. The lowest BCUT2D eigenvalue weighted by atomic mass is 9.59. The summed E-state index contributed by atoms with van der Waals surface area (Å²) in [6.45, 7) is 6.22. The average Bonchev–Trinajstić information content (AvgIpc) is 3.52. The average molecular weight is 531 g/mol. The number of nitrogens with zero attached hydrogens (tertiary/aromatic N) is 2. The Morgan fingerprint density at radius 3 is 2.65 bits per heavy atom. The van der Waals surface area contributed by atoms with Gasteiger partial charge in [0.2, 0.25) is 5.91 Å². The molecular formula is C30H47FN4OS. The molecule has 0 radical (unpaired) electrons. The lowest BCUT2D eigenvalue weighted by Crippen LogP contribution is -2.53. The van der Waals surface area contributed by atoms with E-state index in [9.17, 15) is 9.18 Å². The third-order valence-corrected chi connectivity index (χ3v) is 11.2. The Morgan fingerprint density at radius 2 is 1.97 bits per heavy atom. The van der Waals surface area contributed by atoms with E-state index in [1.54, 1.807) is 17.6 Å². The molecule has 2 heterocycles. The molecule has 206 valence electrons. The van der Waals surface area contributed by atoms with Gasteiger partial charge in [-0.15, -0.1) is 11.3 Å². The highest BCUT2D eigenvalue weighted by molar-refractivity contribution is 7.11. The third-order valence-electron chi connectivity index (χ3n) is 10.3. The van der Waals surface area contributed by atoms with Crippen LogP contribution in [0.4, 0.5) is 4.39 Å². The van der Waals surface area contributed by atoms with Gasteiger partial charge in [0.15, 0.2) is 0 Å². The SMILES string of the molecule is Cc1ncc(CC2(C3CC(C=N)C(NC4CCC(F)CC4)CC3C)CCN(C(=O)C3CCCCC3)C2)s1. The molecule has 0 bridgehead atoms. The Balaban J connectivity index is 1.33. The number of carbonyl (C=O) groups excluding carboxylic acids is 1. The Morgan fingerprint density at radius 1 is 1.22 bits per heavy atom. The molecule has 5 atom stereocenters. The molecule has 7 heteroatoms. The summed E-state index contributed by atoms with van der Waals surface area (Å²) >= 11 is 1.80. The van der Waals surface area contributed by atoms with Gasteiger partial charge in [0.25, 0.3) is 0 Å². The summed E-state index contributed by atoms with van der Waals surface area (Å²) in [4.78, 5) is 21.7. The predicted molar refractivity (Wildman–Crippen MR) is 149 cm³/mol. The zero-order chi connectivity index (χ0) is 26.0. The Labute approximate surface area is 226 Å². The van der Waals surface area contributed by atoms with Crippen molar-refractivity contribution in [2.24, 2.45) is 29.1 Å². The van der Waals surface area contributed by atoms with Crippen LogP contribution < -0.4 is 5.32 Å². The van der Waals surface area contributed by atoms with Gasteiger partial charge in [0, 0.05) is 48.1 Å². The molecular weight excluding hydrogens is 483 g/mol. The minimum absolute atomic E-state index is 0.0568. The van der Waals surface area contributed by atoms with Crippen LogP contribution in [-0.2, 0) is 11.2 Å². The first-order valence-corrected chi connectivity index (χ1v) is 15.8. The molecule has 1 aliphatic heterocycles. The van der Waals surface area contributed by atoms with Gasteiger partial charge >= 0.3 is 0 Å². The zero-order valence-electron chi connectivity index (χ0n) is 22.9. The molecule has 1 aromatic heterocycles. The van der Waals surface area contributed by atoms with E-state index in [0.717, 1.165) is 69.5 Å². The van der Waals surface area contributed by atoms with Gasteiger partial charge in [-0.05, 0) is 94.6 Å². The van der Waals surface area contributed by atoms with Crippen LogP contribution in [0.25, 0.3) is 0 Å².